The third-order valence-electron chi connectivity index (χ3n) is 4.01. The second-order valence-electron chi connectivity index (χ2n) is 5.87. The molecule has 148 valence electrons. The molecular weight excluding hydrogens is 418 g/mol. The van der Waals surface area contributed by atoms with Gasteiger partial charge < -0.3 is 5.11 Å². The van der Waals surface area contributed by atoms with Crippen LogP contribution in [0.25, 0.3) is 6.08 Å². The summed E-state index contributed by atoms with van der Waals surface area (Å²) in [7, 11) is 0. The van der Waals surface area contributed by atoms with E-state index in [9.17, 15) is 19.7 Å². The number of likely N-dealkylation sites (N-methyl/N-ethyl adjacent to an activating group) is 1. The zero-order chi connectivity index (χ0) is 21.1. The smallest absolute Gasteiger partial charge is 0.335 e. The van der Waals surface area contributed by atoms with Crippen molar-refractivity contribution in [3.63, 3.8) is 0 Å². The van der Waals surface area contributed by atoms with Crippen LogP contribution in [0.3, 0.4) is 0 Å². The first-order valence-electron chi connectivity index (χ1n) is 8.37. The first-order chi connectivity index (χ1) is 13.8. The number of nitro benzene ring substituents is 1. The minimum atomic E-state index is -1.04. The number of carbonyl (C=O) groups is 2. The highest BCUT2D eigenvalue weighted by atomic mass is 35.5. The largest absolute Gasteiger partial charge is 0.478 e. The van der Waals surface area contributed by atoms with Crippen LogP contribution in [0.1, 0.15) is 22.8 Å². The molecule has 29 heavy (non-hydrogen) atoms. The third-order valence-corrected chi connectivity index (χ3v) is 5.33. The Morgan fingerprint density at radius 2 is 2.00 bits per heavy atom. The zero-order valence-electron chi connectivity index (χ0n) is 15.0. The van der Waals surface area contributed by atoms with Gasteiger partial charge in [0.05, 0.1) is 21.1 Å². The monoisotopic (exact) mass is 431 g/mol. The Hall–Kier alpha value is -3.17. The maximum Gasteiger partial charge on any atom is 0.335 e. The van der Waals surface area contributed by atoms with Crippen molar-refractivity contribution in [3.05, 3.63) is 73.6 Å². The van der Waals surface area contributed by atoms with Crippen LogP contribution in [0.5, 0.6) is 0 Å². The number of carboxylic acids is 1. The van der Waals surface area contributed by atoms with Crippen LogP contribution in [0.4, 0.5) is 11.4 Å². The summed E-state index contributed by atoms with van der Waals surface area (Å²) >= 11 is 6.97. The number of carboxylic acid groups (broad SMARTS) is 1. The van der Waals surface area contributed by atoms with E-state index >= 15 is 0 Å². The molecule has 1 N–H and O–H groups in total. The number of halogens is 1. The first-order valence-corrected chi connectivity index (χ1v) is 9.57. The van der Waals surface area contributed by atoms with Crippen LogP contribution in [0.15, 0.2) is 52.4 Å². The Morgan fingerprint density at radius 3 is 2.59 bits per heavy atom. The van der Waals surface area contributed by atoms with Crippen molar-refractivity contribution in [2.24, 2.45) is 4.99 Å². The molecule has 8 nitrogen and oxygen atoms in total. The van der Waals surface area contributed by atoms with Crippen molar-refractivity contribution in [3.8, 4) is 0 Å². The van der Waals surface area contributed by atoms with Crippen molar-refractivity contribution >= 4 is 57.9 Å². The van der Waals surface area contributed by atoms with E-state index in [2.05, 4.69) is 4.99 Å². The molecule has 1 fully saturated rings. The summed E-state index contributed by atoms with van der Waals surface area (Å²) in [4.78, 5) is 40.4. The topological polar surface area (TPSA) is 113 Å². The molecule has 3 rings (SSSR count). The average molecular weight is 432 g/mol. The van der Waals surface area contributed by atoms with Gasteiger partial charge in [-0.3, -0.25) is 19.8 Å². The molecule has 0 bridgehead atoms. The van der Waals surface area contributed by atoms with Gasteiger partial charge in [-0.15, -0.1) is 0 Å². The van der Waals surface area contributed by atoms with Crippen LogP contribution in [-0.2, 0) is 4.79 Å². The lowest BCUT2D eigenvalue weighted by molar-refractivity contribution is -0.384. The van der Waals surface area contributed by atoms with E-state index in [-0.39, 0.29) is 22.2 Å². The molecule has 0 saturated carbocycles. The minimum Gasteiger partial charge on any atom is -0.478 e. The number of rotatable bonds is 5. The number of aromatic carboxylic acids is 1. The lowest BCUT2D eigenvalue weighted by Crippen LogP contribution is -2.28. The number of aliphatic imine (C=N–C) groups is 1. The Morgan fingerprint density at radius 1 is 1.31 bits per heavy atom. The fourth-order valence-corrected chi connectivity index (χ4v) is 3.82. The van der Waals surface area contributed by atoms with Crippen LogP contribution < -0.4 is 0 Å². The standard InChI is InChI=1S/C19H14ClN3O5S/c1-2-22-17(24)16(10-11-3-8-14(20)15(9-11)23(27)28)29-19(22)21-13-6-4-12(5-7-13)18(25)26/h3-10H,2H2,1H3,(H,25,26)/b16-10+,21-19?. The fourth-order valence-electron chi connectivity index (χ4n) is 2.57. The Kier molecular flexibility index (Phi) is 6.00. The van der Waals surface area contributed by atoms with E-state index in [1.54, 1.807) is 31.2 Å². The fraction of sp³-hybridized carbons (Fsp3) is 0.105. The molecule has 0 aliphatic carbocycles. The normalized spacial score (nSPS) is 16.6. The van der Waals surface area contributed by atoms with Gasteiger partial charge in [0.1, 0.15) is 5.02 Å². The van der Waals surface area contributed by atoms with E-state index in [1.165, 1.54) is 29.2 Å². The molecule has 10 heteroatoms. The number of amides is 1. The molecule has 1 amide bonds. The third kappa shape index (κ3) is 4.47. The summed E-state index contributed by atoms with van der Waals surface area (Å²) in [5.74, 6) is -1.30. The number of amidine groups is 1. The van der Waals surface area contributed by atoms with Gasteiger partial charge in [-0.05, 0) is 60.7 Å². The molecule has 1 saturated heterocycles. The number of nitrogens with zero attached hydrogens (tertiary/aromatic N) is 3. The van der Waals surface area contributed by atoms with Gasteiger partial charge >= 0.3 is 5.97 Å². The summed E-state index contributed by atoms with van der Waals surface area (Å²) < 4.78 is 0. The molecule has 0 unspecified atom stereocenters. The van der Waals surface area contributed by atoms with Crippen LogP contribution >= 0.6 is 23.4 Å². The molecule has 0 aromatic heterocycles. The summed E-state index contributed by atoms with van der Waals surface area (Å²) in [6.45, 7) is 2.19. The lowest BCUT2D eigenvalue weighted by Gasteiger charge is -2.12. The summed E-state index contributed by atoms with van der Waals surface area (Å²) in [6, 6.07) is 10.3. The Labute approximate surface area is 174 Å². The molecule has 2 aromatic rings. The molecule has 0 atom stereocenters. The molecule has 1 heterocycles. The molecule has 0 spiro atoms. The van der Waals surface area contributed by atoms with E-state index in [0.717, 1.165) is 11.8 Å². The second-order valence-corrected chi connectivity index (χ2v) is 7.29. The van der Waals surface area contributed by atoms with E-state index in [0.29, 0.717) is 27.9 Å². The number of hydrogen-bond donors (Lipinski definition) is 1. The van der Waals surface area contributed by atoms with Crippen LogP contribution in [-0.4, -0.2) is 38.5 Å². The van der Waals surface area contributed by atoms with Crippen molar-refractivity contribution in [2.75, 3.05) is 6.54 Å². The quantitative estimate of drug-likeness (QED) is 0.421. The predicted molar refractivity (Wildman–Crippen MR) is 112 cm³/mol. The molecule has 0 radical (unpaired) electrons. The van der Waals surface area contributed by atoms with Crippen molar-refractivity contribution in [1.29, 1.82) is 0 Å². The second kappa shape index (κ2) is 8.46. The SMILES string of the molecule is CCN1C(=O)/C(=C\c2ccc(Cl)c([N+](=O)[O-])c2)SC1=Nc1ccc(C(=O)O)cc1. The average Bonchev–Trinajstić information content (AvgIpc) is 2.97. The number of nitro groups is 1. The molecule has 1 aliphatic rings. The maximum absolute atomic E-state index is 12.7. The highest BCUT2D eigenvalue weighted by Crippen LogP contribution is 2.35. The molecule has 2 aromatic carbocycles. The van der Waals surface area contributed by atoms with Gasteiger partial charge in [0, 0.05) is 12.6 Å². The first kappa shape index (κ1) is 20.6. The number of carbonyl (C=O) groups excluding carboxylic acids is 1. The van der Waals surface area contributed by atoms with E-state index in [1.807, 2.05) is 0 Å². The van der Waals surface area contributed by atoms with Crippen molar-refractivity contribution in [2.45, 2.75) is 6.92 Å². The summed E-state index contributed by atoms with van der Waals surface area (Å²) in [5, 5.41) is 20.5. The van der Waals surface area contributed by atoms with Crippen LogP contribution in [0.2, 0.25) is 5.02 Å². The van der Waals surface area contributed by atoms with Gasteiger partial charge in [0.15, 0.2) is 5.17 Å². The van der Waals surface area contributed by atoms with E-state index < -0.39 is 10.9 Å². The van der Waals surface area contributed by atoms with Gasteiger partial charge in [-0.2, -0.15) is 0 Å². The number of hydrogen-bond acceptors (Lipinski definition) is 6. The van der Waals surface area contributed by atoms with Crippen molar-refractivity contribution in [1.82, 2.24) is 4.90 Å². The number of thioether (sulfide) groups is 1. The van der Waals surface area contributed by atoms with Gasteiger partial charge in [-0.1, -0.05) is 17.7 Å². The van der Waals surface area contributed by atoms with E-state index in [4.69, 9.17) is 16.7 Å². The van der Waals surface area contributed by atoms with Gasteiger partial charge in [0.2, 0.25) is 0 Å². The number of benzene rings is 2. The highest BCUT2D eigenvalue weighted by Gasteiger charge is 2.32. The molecule has 1 aliphatic heterocycles. The lowest BCUT2D eigenvalue weighted by atomic mass is 10.2. The Balaban J connectivity index is 1.92. The summed E-state index contributed by atoms with van der Waals surface area (Å²) in [5.41, 5.74) is 0.879. The highest BCUT2D eigenvalue weighted by molar-refractivity contribution is 8.18. The molecular formula is C19H14ClN3O5S. The maximum atomic E-state index is 12.7. The predicted octanol–water partition coefficient (Wildman–Crippen LogP) is 4.57. The van der Waals surface area contributed by atoms with Gasteiger partial charge in [0.25, 0.3) is 11.6 Å². The van der Waals surface area contributed by atoms with Crippen LogP contribution in [0, 0.1) is 10.1 Å². The zero-order valence-corrected chi connectivity index (χ0v) is 16.6. The summed E-state index contributed by atoms with van der Waals surface area (Å²) in [6.07, 6.45) is 1.55. The Bertz CT molecular complexity index is 1070. The van der Waals surface area contributed by atoms with Crippen molar-refractivity contribution < 1.29 is 19.6 Å². The van der Waals surface area contributed by atoms with Gasteiger partial charge in [-0.25, -0.2) is 9.79 Å². The minimum absolute atomic E-state index is 0.0183.